The van der Waals surface area contributed by atoms with E-state index in [1.807, 2.05) is 0 Å². The van der Waals surface area contributed by atoms with Crippen LogP contribution in [0.5, 0.6) is 0 Å². The Morgan fingerprint density at radius 3 is 2.71 bits per heavy atom. The third kappa shape index (κ3) is 3.61. The largest absolute Gasteiger partial charge is 0.383 e. The summed E-state index contributed by atoms with van der Waals surface area (Å²) in [4.78, 5) is 0. The van der Waals surface area contributed by atoms with Gasteiger partial charge < -0.3 is 4.74 Å². The van der Waals surface area contributed by atoms with Crippen LogP contribution in [0, 0.1) is 0 Å². The highest BCUT2D eigenvalue weighted by Crippen LogP contribution is 2.28. The van der Waals surface area contributed by atoms with E-state index >= 15 is 0 Å². The van der Waals surface area contributed by atoms with E-state index in [1.165, 1.54) is 11.7 Å². The van der Waals surface area contributed by atoms with Gasteiger partial charge in [-0.3, -0.25) is 4.57 Å². The third-order valence-corrected chi connectivity index (χ3v) is 4.69. The van der Waals surface area contributed by atoms with E-state index in [9.17, 15) is 8.42 Å². The Labute approximate surface area is 135 Å². The Kier molecular flexibility index (Phi) is 4.99. The molecule has 0 amide bonds. The number of sulfonamides is 1. The Morgan fingerprint density at radius 1 is 1.43 bits per heavy atom. The maximum absolute atomic E-state index is 11.6. The summed E-state index contributed by atoms with van der Waals surface area (Å²) in [6, 6.07) is 5.11. The lowest BCUT2D eigenvalue weighted by atomic mass is 10.2. The topological polar surface area (TPSA) is 100 Å². The summed E-state index contributed by atoms with van der Waals surface area (Å²) in [7, 11) is -2.46. The number of nitrogens with two attached hydrogens (primary N) is 1. The molecule has 0 aliphatic heterocycles. The molecule has 1 aromatic carbocycles. The van der Waals surface area contributed by atoms with Crippen molar-refractivity contribution in [2.24, 2.45) is 5.14 Å². The number of hydrogen-bond acceptors (Lipinski definition) is 5. The number of benzene rings is 1. The molecule has 10 heteroatoms. The molecule has 0 spiro atoms. The third-order valence-electron chi connectivity index (χ3n) is 2.67. The first kappa shape index (κ1) is 16.4. The van der Waals surface area contributed by atoms with Gasteiger partial charge in [-0.05, 0) is 34.1 Å². The van der Waals surface area contributed by atoms with Crippen LogP contribution in [0.15, 0.2) is 27.8 Å². The minimum Gasteiger partial charge on any atom is -0.383 e. The predicted molar refractivity (Wildman–Crippen MR) is 81.4 cm³/mol. The van der Waals surface area contributed by atoms with Crippen LogP contribution in [0.1, 0.15) is 0 Å². The van der Waals surface area contributed by atoms with Crippen LogP contribution in [0.2, 0.25) is 5.02 Å². The fourth-order valence-electron chi connectivity index (χ4n) is 1.73. The first-order valence-electron chi connectivity index (χ1n) is 5.75. The fourth-order valence-corrected chi connectivity index (χ4v) is 2.87. The number of nitrogens with zero attached hydrogens (tertiary/aromatic N) is 3. The molecule has 0 unspecified atom stereocenters. The Hall–Kier alpha value is -1.00. The van der Waals surface area contributed by atoms with Crippen molar-refractivity contribution in [2.45, 2.75) is 11.7 Å². The quantitative estimate of drug-likeness (QED) is 0.830. The Bertz CT molecular complexity index is 763. The molecule has 1 aromatic heterocycles. The maximum Gasteiger partial charge on any atom is 0.273 e. The van der Waals surface area contributed by atoms with Gasteiger partial charge in [0.25, 0.3) is 15.2 Å². The fraction of sp³-hybridized carbons (Fsp3) is 0.273. The summed E-state index contributed by atoms with van der Waals surface area (Å²) >= 11 is 9.25. The lowest BCUT2D eigenvalue weighted by Gasteiger charge is -2.09. The second kappa shape index (κ2) is 6.41. The number of ether oxygens (including phenoxy) is 1. The van der Waals surface area contributed by atoms with Gasteiger partial charge in [-0.1, -0.05) is 11.6 Å². The molecule has 0 bridgehead atoms. The molecule has 0 atom stereocenters. The molecular formula is C11H12BrClN4O3S. The van der Waals surface area contributed by atoms with Crippen molar-refractivity contribution in [1.82, 2.24) is 14.8 Å². The summed E-state index contributed by atoms with van der Waals surface area (Å²) in [5.74, 6) is 0.369. The van der Waals surface area contributed by atoms with Crippen LogP contribution in [0.25, 0.3) is 11.4 Å². The SMILES string of the molecule is COCCn1c(-c2ccc(Cl)c(Br)c2)nnc1S(N)(=O)=O. The van der Waals surface area contributed by atoms with Gasteiger partial charge in [0.2, 0.25) is 0 Å². The van der Waals surface area contributed by atoms with Gasteiger partial charge in [0, 0.05) is 17.1 Å². The summed E-state index contributed by atoms with van der Waals surface area (Å²) in [5, 5.41) is 13.0. The normalized spacial score (nSPS) is 11.8. The van der Waals surface area contributed by atoms with Crippen molar-refractivity contribution in [3.63, 3.8) is 0 Å². The number of methoxy groups -OCH3 is 1. The highest BCUT2D eigenvalue weighted by molar-refractivity contribution is 9.10. The van der Waals surface area contributed by atoms with E-state index < -0.39 is 10.0 Å². The number of aromatic nitrogens is 3. The zero-order chi connectivity index (χ0) is 15.6. The van der Waals surface area contributed by atoms with Crippen molar-refractivity contribution in [2.75, 3.05) is 13.7 Å². The van der Waals surface area contributed by atoms with Crippen LogP contribution < -0.4 is 5.14 Å². The zero-order valence-corrected chi connectivity index (χ0v) is 14.1. The van der Waals surface area contributed by atoms with E-state index in [4.69, 9.17) is 21.5 Å². The van der Waals surface area contributed by atoms with Gasteiger partial charge in [-0.2, -0.15) is 0 Å². The second-order valence-electron chi connectivity index (χ2n) is 4.12. The Balaban J connectivity index is 2.57. The van der Waals surface area contributed by atoms with Crippen molar-refractivity contribution in [3.05, 3.63) is 27.7 Å². The number of halogens is 2. The van der Waals surface area contributed by atoms with E-state index in [0.29, 0.717) is 27.5 Å². The minimum absolute atomic E-state index is 0.255. The van der Waals surface area contributed by atoms with Gasteiger partial charge in [0.15, 0.2) is 5.82 Å². The molecular weight excluding hydrogens is 384 g/mol. The smallest absolute Gasteiger partial charge is 0.273 e. The van der Waals surface area contributed by atoms with Gasteiger partial charge in [0.1, 0.15) is 0 Å². The standard InChI is InChI=1S/C11H12BrClN4O3S/c1-20-5-4-17-10(15-16-11(17)21(14,18)19)7-2-3-9(13)8(12)6-7/h2-3,6H,4-5H2,1H3,(H2,14,18,19). The van der Waals surface area contributed by atoms with Crippen molar-refractivity contribution in [1.29, 1.82) is 0 Å². The zero-order valence-electron chi connectivity index (χ0n) is 11.0. The van der Waals surface area contributed by atoms with Gasteiger partial charge in [0.05, 0.1) is 18.2 Å². The lowest BCUT2D eigenvalue weighted by Crippen LogP contribution is -2.20. The highest BCUT2D eigenvalue weighted by Gasteiger charge is 2.22. The summed E-state index contributed by atoms with van der Waals surface area (Å²) in [6.45, 7) is 0.549. The second-order valence-corrected chi connectivity index (χ2v) is 6.84. The van der Waals surface area contributed by atoms with Crippen molar-refractivity contribution < 1.29 is 13.2 Å². The Morgan fingerprint density at radius 2 is 2.14 bits per heavy atom. The van der Waals surface area contributed by atoms with Crippen LogP contribution in [0.3, 0.4) is 0 Å². The molecule has 7 nitrogen and oxygen atoms in total. The molecule has 0 aliphatic carbocycles. The monoisotopic (exact) mass is 394 g/mol. The van der Waals surface area contributed by atoms with Gasteiger partial charge in [-0.15, -0.1) is 10.2 Å². The molecule has 0 saturated carbocycles. The van der Waals surface area contributed by atoms with Crippen LogP contribution >= 0.6 is 27.5 Å². The summed E-state index contributed by atoms with van der Waals surface area (Å²) in [6.07, 6.45) is 0. The molecule has 2 aromatic rings. The summed E-state index contributed by atoms with van der Waals surface area (Å²) in [5.41, 5.74) is 0.657. The average Bonchev–Trinajstić information content (AvgIpc) is 2.83. The lowest BCUT2D eigenvalue weighted by molar-refractivity contribution is 0.185. The van der Waals surface area contributed by atoms with Gasteiger partial charge in [-0.25, -0.2) is 13.6 Å². The molecule has 0 aliphatic rings. The predicted octanol–water partition coefficient (Wildman–Crippen LogP) is 1.65. The molecule has 2 N–H and O–H groups in total. The van der Waals surface area contributed by atoms with E-state index in [2.05, 4.69) is 26.1 Å². The molecule has 21 heavy (non-hydrogen) atoms. The summed E-state index contributed by atoms with van der Waals surface area (Å²) < 4.78 is 30.2. The van der Waals surface area contributed by atoms with E-state index in [1.54, 1.807) is 18.2 Å². The first-order valence-corrected chi connectivity index (χ1v) is 8.46. The van der Waals surface area contributed by atoms with Crippen LogP contribution in [-0.4, -0.2) is 36.9 Å². The van der Waals surface area contributed by atoms with Crippen molar-refractivity contribution in [3.8, 4) is 11.4 Å². The number of rotatable bonds is 5. The van der Waals surface area contributed by atoms with E-state index in [-0.39, 0.29) is 11.7 Å². The molecule has 1 heterocycles. The minimum atomic E-state index is -3.97. The molecule has 0 saturated heterocycles. The highest BCUT2D eigenvalue weighted by atomic mass is 79.9. The molecule has 0 fully saturated rings. The number of hydrogen-bond donors (Lipinski definition) is 1. The molecule has 2 rings (SSSR count). The number of primary sulfonamides is 1. The van der Waals surface area contributed by atoms with E-state index in [0.717, 1.165) is 0 Å². The van der Waals surface area contributed by atoms with Crippen molar-refractivity contribution >= 4 is 37.6 Å². The molecule has 114 valence electrons. The molecule has 0 radical (unpaired) electrons. The van der Waals surface area contributed by atoms with Crippen LogP contribution in [0.4, 0.5) is 0 Å². The van der Waals surface area contributed by atoms with Crippen LogP contribution in [-0.2, 0) is 21.3 Å². The first-order chi connectivity index (χ1) is 9.84. The van der Waals surface area contributed by atoms with Gasteiger partial charge >= 0.3 is 0 Å². The maximum atomic E-state index is 11.6. The average molecular weight is 396 g/mol.